The van der Waals surface area contributed by atoms with E-state index in [4.69, 9.17) is 27.2 Å². The first kappa shape index (κ1) is 31.0. The second-order valence-electron chi connectivity index (χ2n) is 7.20. The molecule has 2 aromatic rings. The molecule has 0 bridgehead atoms. The second kappa shape index (κ2) is 16.3. The van der Waals surface area contributed by atoms with Gasteiger partial charge in [0.05, 0.1) is 0 Å². The monoisotopic (exact) mass is 493 g/mol. The maximum Gasteiger partial charge on any atom is -0.0809 e. The van der Waals surface area contributed by atoms with Gasteiger partial charge in [-0.3, -0.25) is 0 Å². The molecule has 0 saturated carbocycles. The molecule has 2 rings (SSSR count). The van der Waals surface area contributed by atoms with E-state index in [9.17, 15) is 0 Å². The molecule has 0 aliphatic rings. The smallest absolute Gasteiger partial charge is 0.0809 e. The van der Waals surface area contributed by atoms with E-state index in [1.807, 2.05) is 20.8 Å². The van der Waals surface area contributed by atoms with Crippen LogP contribution in [0.2, 0.25) is 19.6 Å². The van der Waals surface area contributed by atoms with Crippen LogP contribution in [0.25, 0.3) is 16.5 Å². The summed E-state index contributed by atoms with van der Waals surface area (Å²) in [7, 11) is 9.03. The van der Waals surface area contributed by atoms with Crippen molar-refractivity contribution < 1.29 is 23.3 Å². The van der Waals surface area contributed by atoms with Crippen LogP contribution in [0, 0.1) is 14.4 Å². The molecule has 0 aliphatic carbocycles. The number of nitrogens with one attached hydrogen (secondary N) is 1. The summed E-state index contributed by atoms with van der Waals surface area (Å²) >= 11 is -1.85. The van der Waals surface area contributed by atoms with Gasteiger partial charge in [0, 0.05) is 0 Å². The Balaban J connectivity index is -0.000000283. The SMILES string of the molecule is CC(C)(C)[NH-].[CH2-]CO[Si](C)(C)C.[CH2]=[Zr]([Cl])[Cl].[CH3-].c1ccc2[cH-]ccc2c1. The average molecular weight is 496 g/mol. The van der Waals surface area contributed by atoms with E-state index < -0.39 is 27.2 Å². The van der Waals surface area contributed by atoms with Gasteiger partial charge in [-0.2, -0.15) is 17.5 Å². The maximum atomic E-state index is 6.94. The molecule has 0 aromatic heterocycles. The van der Waals surface area contributed by atoms with Crippen molar-refractivity contribution in [1.82, 2.24) is 0 Å². The molecular weight excluding hydrogens is 460 g/mol. The van der Waals surface area contributed by atoms with Gasteiger partial charge in [0.15, 0.2) is 8.32 Å². The first-order valence-electron chi connectivity index (χ1n) is 8.05. The standard InChI is InChI=1S/C9H7.C5H13OSi.C4H10N.CH3.CH2.2ClH.Zr/c1-2-5-9-7-3-6-8(9)4-1;1-5-6-7(2,3)4;1-4(2,3)5;;;;;/h1-7H;1,5H2,2-4H3;5H,1-3H3;1H3;1H2;2*1H;/q4*-1;;;;+2/p-2. The molecule has 0 fully saturated rings. The van der Waals surface area contributed by atoms with Crippen LogP contribution in [0.15, 0.2) is 42.5 Å². The quantitative estimate of drug-likeness (QED) is 0.308. The topological polar surface area (TPSA) is 33.0 Å². The van der Waals surface area contributed by atoms with Gasteiger partial charge in [-0.15, -0.1) is 35.2 Å². The second-order valence-corrected chi connectivity index (χ2v) is 19.9. The Kier molecular flexibility index (Phi) is 19.4. The molecule has 152 valence electrons. The Labute approximate surface area is 177 Å². The molecule has 0 spiro atoms. The molecular formula is C20H35Cl2NOSiZr-4. The summed E-state index contributed by atoms with van der Waals surface area (Å²) in [5.74, 6) is 0. The van der Waals surface area contributed by atoms with Crippen LogP contribution in [0.1, 0.15) is 20.8 Å². The van der Waals surface area contributed by atoms with Crippen molar-refractivity contribution in [3.63, 3.8) is 0 Å². The molecule has 0 heterocycles. The Morgan fingerprint density at radius 2 is 1.62 bits per heavy atom. The fourth-order valence-corrected chi connectivity index (χ4v) is 1.99. The van der Waals surface area contributed by atoms with Crippen LogP contribution in [0.4, 0.5) is 0 Å². The number of rotatable bonds is 2. The maximum absolute atomic E-state index is 6.94. The van der Waals surface area contributed by atoms with Crippen LogP contribution in [0.3, 0.4) is 0 Å². The average Bonchev–Trinajstić information content (AvgIpc) is 2.83. The van der Waals surface area contributed by atoms with Gasteiger partial charge in [-0.1, -0.05) is 33.4 Å². The van der Waals surface area contributed by atoms with Crippen LogP contribution in [0.5, 0.6) is 0 Å². The Morgan fingerprint density at radius 3 is 1.92 bits per heavy atom. The fraction of sp³-hybridized carbons (Fsp3) is 0.400. The van der Waals surface area contributed by atoms with E-state index in [0.717, 1.165) is 0 Å². The first-order valence-corrected chi connectivity index (χ1v) is 19.5. The zero-order chi connectivity index (χ0) is 20.1. The molecule has 0 atom stereocenters. The fourth-order valence-electron chi connectivity index (χ4n) is 1.38. The minimum absolute atomic E-state index is 0. The summed E-state index contributed by atoms with van der Waals surface area (Å²) in [4.78, 5) is 0. The third-order valence-corrected chi connectivity index (χ3v) is 3.15. The minimum atomic E-state index is -1.85. The predicted molar refractivity (Wildman–Crippen MR) is 124 cm³/mol. The molecule has 0 unspecified atom stereocenters. The minimum Gasteiger partial charge on any atom is -0.358 e. The third-order valence-electron chi connectivity index (χ3n) is 2.08. The summed E-state index contributed by atoms with van der Waals surface area (Å²) in [5, 5.41) is 2.66. The molecule has 1 N–H and O–H groups in total. The zero-order valence-corrected chi connectivity index (χ0v) is 22.3. The first-order chi connectivity index (χ1) is 11.3. The van der Waals surface area contributed by atoms with E-state index in [-0.39, 0.29) is 13.0 Å². The van der Waals surface area contributed by atoms with Crippen LogP contribution < -0.4 is 0 Å². The van der Waals surface area contributed by atoms with Crippen molar-refractivity contribution in [3.8, 4) is 0 Å². The molecule has 2 aromatic carbocycles. The molecule has 0 saturated heterocycles. The van der Waals surface area contributed by atoms with E-state index in [2.05, 4.69) is 73.2 Å². The third kappa shape index (κ3) is 29.1. The van der Waals surface area contributed by atoms with Crippen molar-refractivity contribution in [3.05, 3.63) is 62.5 Å². The Hall–Kier alpha value is 0.300. The largest absolute Gasteiger partial charge is 0.358 e. The predicted octanol–water partition coefficient (Wildman–Crippen LogP) is 7.86. The van der Waals surface area contributed by atoms with Crippen molar-refractivity contribution in [1.29, 1.82) is 0 Å². The van der Waals surface area contributed by atoms with Gasteiger partial charge in [0.1, 0.15) is 0 Å². The van der Waals surface area contributed by atoms with Crippen molar-refractivity contribution in [2.24, 2.45) is 0 Å². The Bertz CT molecular complexity index is 549. The Morgan fingerprint density at radius 1 is 1.19 bits per heavy atom. The molecule has 2 nitrogen and oxygen atoms in total. The van der Waals surface area contributed by atoms with E-state index in [0.29, 0.717) is 6.61 Å². The van der Waals surface area contributed by atoms with Gasteiger partial charge in [0.25, 0.3) is 0 Å². The summed E-state index contributed by atoms with van der Waals surface area (Å²) in [6.07, 6.45) is 0. The summed E-state index contributed by atoms with van der Waals surface area (Å²) in [5.41, 5.74) is 6.69. The number of benzene rings is 1. The number of hydrogen-bond acceptors (Lipinski definition) is 1. The van der Waals surface area contributed by atoms with Crippen molar-refractivity contribution in [2.45, 2.75) is 46.0 Å². The summed E-state index contributed by atoms with van der Waals surface area (Å²) in [6.45, 7) is 16.2. The number of halogens is 2. The normalized spacial score (nSPS) is 10.1. The van der Waals surface area contributed by atoms with E-state index >= 15 is 0 Å². The van der Waals surface area contributed by atoms with Crippen LogP contribution in [-0.2, 0) is 23.3 Å². The van der Waals surface area contributed by atoms with Gasteiger partial charge in [-0.25, -0.2) is 0 Å². The van der Waals surface area contributed by atoms with Gasteiger partial charge in [-0.05, 0) is 19.6 Å². The number of hydrogen-bond donors (Lipinski definition) is 0. The van der Waals surface area contributed by atoms with Crippen molar-refractivity contribution >= 4 is 40.3 Å². The van der Waals surface area contributed by atoms with E-state index in [1.165, 1.54) is 10.8 Å². The van der Waals surface area contributed by atoms with Crippen LogP contribution >= 0.6 is 17.0 Å². The number of fused-ring (bicyclic) bond motifs is 1. The van der Waals surface area contributed by atoms with Gasteiger partial charge < -0.3 is 24.5 Å². The van der Waals surface area contributed by atoms with Gasteiger partial charge in [0.2, 0.25) is 0 Å². The van der Waals surface area contributed by atoms with Crippen molar-refractivity contribution in [2.75, 3.05) is 6.61 Å². The zero-order valence-electron chi connectivity index (χ0n) is 17.3. The molecule has 26 heavy (non-hydrogen) atoms. The molecule has 6 heteroatoms. The summed E-state index contributed by atoms with van der Waals surface area (Å²) < 4.78 is 8.62. The molecule has 0 radical (unpaired) electrons. The van der Waals surface area contributed by atoms with Gasteiger partial charge >= 0.3 is 40.1 Å². The molecule has 0 aliphatic heterocycles. The van der Waals surface area contributed by atoms with Crippen LogP contribution in [-0.4, -0.2) is 24.7 Å². The summed E-state index contributed by atoms with van der Waals surface area (Å²) in [6, 6.07) is 14.7. The van der Waals surface area contributed by atoms with E-state index in [1.54, 1.807) is 0 Å². The molecule has 0 amide bonds.